The zero-order valence-corrected chi connectivity index (χ0v) is 17.3. The fourth-order valence-electron chi connectivity index (χ4n) is 2.79. The van der Waals surface area contributed by atoms with E-state index in [1.54, 1.807) is 0 Å². The lowest BCUT2D eigenvalue weighted by molar-refractivity contribution is -0.0418. The van der Waals surface area contributed by atoms with E-state index in [1.165, 1.54) is 13.1 Å². The lowest BCUT2D eigenvalue weighted by Gasteiger charge is -2.20. The minimum Gasteiger partial charge on any atom is -0.396 e. The van der Waals surface area contributed by atoms with Crippen molar-refractivity contribution in [2.24, 2.45) is 0 Å². The topological polar surface area (TPSA) is 198 Å². The number of hydrogen-bond donors (Lipinski definition) is 5. The molecule has 166 valence electrons. The molecule has 0 bridgehead atoms. The van der Waals surface area contributed by atoms with Crippen molar-refractivity contribution in [3.63, 3.8) is 0 Å². The van der Waals surface area contributed by atoms with Gasteiger partial charge in [-0.25, -0.2) is 9.36 Å². The van der Waals surface area contributed by atoms with Crippen LogP contribution in [0.1, 0.15) is 31.1 Å². The number of aryl methyl sites for hydroxylation is 1. The van der Waals surface area contributed by atoms with Gasteiger partial charge in [-0.15, -0.1) is 0 Å². The van der Waals surface area contributed by atoms with Crippen molar-refractivity contribution in [2.75, 3.05) is 19.4 Å². The highest BCUT2D eigenvalue weighted by Crippen LogP contribution is 2.46. The third-order valence-corrected chi connectivity index (χ3v) is 6.18. The molecule has 2 heterocycles. The van der Waals surface area contributed by atoms with Crippen LogP contribution in [0.3, 0.4) is 0 Å². The molecule has 1 saturated heterocycles. The Kier molecular flexibility index (Phi) is 8.14. The van der Waals surface area contributed by atoms with E-state index >= 15 is 0 Å². The third-order valence-electron chi connectivity index (χ3n) is 4.20. The molecule has 1 fully saturated rings. The van der Waals surface area contributed by atoms with Gasteiger partial charge in [0.25, 0.3) is 5.56 Å². The standard InChI is InChI=1S/C14H24N2O11P2/c1-9-7-16(14(19)15-13(9)18)12-6-10(27-29(22,23)24)11(26-12)8-25-28(20,21)5-3-2-4-17/h7,10-12,17H,2-6,8H2,1H3,(H,20,21)(H,15,18,19)(H2,22,23,24)/t10?,11-,12-/m1/s1. The number of aromatic amines is 1. The first-order chi connectivity index (χ1) is 13.4. The smallest absolute Gasteiger partial charge is 0.396 e. The molecule has 5 N–H and O–H groups in total. The summed E-state index contributed by atoms with van der Waals surface area (Å²) in [5.74, 6) is 0. The van der Waals surface area contributed by atoms with E-state index in [-0.39, 0.29) is 31.2 Å². The molecule has 0 amide bonds. The lowest BCUT2D eigenvalue weighted by Crippen LogP contribution is -2.33. The van der Waals surface area contributed by atoms with Crippen molar-refractivity contribution < 1.29 is 42.7 Å². The van der Waals surface area contributed by atoms with Gasteiger partial charge in [-0.3, -0.25) is 23.4 Å². The van der Waals surface area contributed by atoms with Gasteiger partial charge >= 0.3 is 21.1 Å². The molecule has 0 saturated carbocycles. The number of unbranched alkanes of at least 4 members (excludes halogenated alkanes) is 1. The minimum atomic E-state index is -4.93. The van der Waals surface area contributed by atoms with Crippen molar-refractivity contribution in [3.8, 4) is 0 Å². The molecule has 29 heavy (non-hydrogen) atoms. The van der Waals surface area contributed by atoms with Gasteiger partial charge in [0, 0.05) is 24.8 Å². The number of rotatable bonds is 10. The van der Waals surface area contributed by atoms with Crippen molar-refractivity contribution >= 4 is 15.4 Å². The van der Waals surface area contributed by atoms with Crippen LogP contribution in [0.5, 0.6) is 0 Å². The number of phosphoric acid groups is 1. The molecule has 1 aromatic heterocycles. The fourth-order valence-corrected chi connectivity index (χ4v) is 4.49. The van der Waals surface area contributed by atoms with Crippen molar-refractivity contribution in [3.05, 3.63) is 32.6 Å². The zero-order valence-electron chi connectivity index (χ0n) is 15.5. The molecule has 13 nitrogen and oxygen atoms in total. The molecule has 15 heteroatoms. The summed E-state index contributed by atoms with van der Waals surface area (Å²) in [5.41, 5.74) is -1.17. The van der Waals surface area contributed by atoms with E-state index in [0.717, 1.165) is 4.57 Å². The number of aliphatic hydroxyl groups excluding tert-OH is 1. The maximum Gasteiger partial charge on any atom is 0.469 e. The number of ether oxygens (including phenoxy) is 1. The summed E-state index contributed by atoms with van der Waals surface area (Å²) in [6, 6.07) is 0. The number of H-pyrrole nitrogens is 1. The highest BCUT2D eigenvalue weighted by atomic mass is 31.2. The second kappa shape index (κ2) is 9.78. The summed E-state index contributed by atoms with van der Waals surface area (Å²) in [5, 5.41) is 8.73. The van der Waals surface area contributed by atoms with Gasteiger partial charge in [-0.1, -0.05) is 0 Å². The van der Waals surface area contributed by atoms with Crippen LogP contribution < -0.4 is 11.2 Å². The molecule has 4 atom stereocenters. The second-order valence-corrected chi connectivity index (χ2v) is 9.74. The first kappa shape index (κ1) is 24.1. The highest BCUT2D eigenvalue weighted by molar-refractivity contribution is 7.52. The van der Waals surface area contributed by atoms with Crippen LogP contribution >= 0.6 is 15.4 Å². The summed E-state index contributed by atoms with van der Waals surface area (Å²) < 4.78 is 39.6. The van der Waals surface area contributed by atoms with Gasteiger partial charge in [-0.05, 0) is 19.8 Å². The fraction of sp³-hybridized carbons (Fsp3) is 0.714. The molecule has 0 aliphatic carbocycles. The average molecular weight is 458 g/mol. The molecule has 0 spiro atoms. The van der Waals surface area contributed by atoms with Gasteiger partial charge in [-0.2, -0.15) is 0 Å². The molecule has 1 aliphatic heterocycles. The van der Waals surface area contributed by atoms with Crippen molar-refractivity contribution in [2.45, 2.75) is 44.6 Å². The van der Waals surface area contributed by atoms with E-state index < -0.39 is 51.7 Å². The Morgan fingerprint density at radius 1 is 1.28 bits per heavy atom. The second-order valence-electron chi connectivity index (χ2n) is 6.57. The summed E-state index contributed by atoms with van der Waals surface area (Å²) in [6.07, 6.45) is -2.05. The predicted molar refractivity (Wildman–Crippen MR) is 98.5 cm³/mol. The SMILES string of the molecule is Cc1cn([C@H]2CC(OP(=O)(O)O)[C@@H](COP(=O)(O)CCCCO)O2)c(=O)[nH]c1=O. The van der Waals surface area contributed by atoms with Gasteiger partial charge in [0.15, 0.2) is 0 Å². The molecule has 2 unspecified atom stereocenters. The minimum absolute atomic E-state index is 0.140. The normalized spacial score (nSPS) is 24.5. The Bertz CT molecular complexity index is 908. The van der Waals surface area contributed by atoms with Crippen LogP contribution in [-0.4, -0.2) is 60.9 Å². The molecular formula is C14H24N2O11P2. The molecule has 0 aromatic carbocycles. The Morgan fingerprint density at radius 3 is 2.59 bits per heavy atom. The van der Waals surface area contributed by atoms with E-state index in [4.69, 9.17) is 28.7 Å². The first-order valence-electron chi connectivity index (χ1n) is 8.70. The van der Waals surface area contributed by atoms with Crippen LogP contribution in [-0.2, 0) is 22.9 Å². The van der Waals surface area contributed by atoms with Crippen LogP contribution in [0.4, 0.5) is 0 Å². The van der Waals surface area contributed by atoms with Gasteiger partial charge in [0.2, 0.25) is 0 Å². The Balaban J connectivity index is 2.15. The van der Waals surface area contributed by atoms with Gasteiger partial charge in [0.05, 0.1) is 12.8 Å². The highest BCUT2D eigenvalue weighted by Gasteiger charge is 2.42. The van der Waals surface area contributed by atoms with E-state index in [1.807, 2.05) is 0 Å². The number of phosphoric ester groups is 1. The van der Waals surface area contributed by atoms with Crippen molar-refractivity contribution in [1.29, 1.82) is 0 Å². The van der Waals surface area contributed by atoms with E-state index in [2.05, 4.69) is 4.98 Å². The maximum atomic E-state index is 12.0. The first-order valence-corrected chi connectivity index (χ1v) is 12.0. The van der Waals surface area contributed by atoms with E-state index in [0.29, 0.717) is 6.42 Å². The number of nitrogens with one attached hydrogen (secondary N) is 1. The molecule has 1 aliphatic rings. The average Bonchev–Trinajstić information content (AvgIpc) is 2.97. The quantitative estimate of drug-likeness (QED) is 0.226. The lowest BCUT2D eigenvalue weighted by atomic mass is 10.2. The molecule has 1 aromatic rings. The predicted octanol–water partition coefficient (Wildman–Crippen LogP) is -0.415. The summed E-state index contributed by atoms with van der Waals surface area (Å²) >= 11 is 0. The van der Waals surface area contributed by atoms with Crippen LogP contribution in [0.2, 0.25) is 0 Å². The number of hydrogen-bond acceptors (Lipinski definition) is 8. The van der Waals surface area contributed by atoms with E-state index in [9.17, 15) is 23.6 Å². The zero-order chi connectivity index (χ0) is 21.8. The van der Waals surface area contributed by atoms with Gasteiger partial charge in [0.1, 0.15) is 18.4 Å². The summed E-state index contributed by atoms with van der Waals surface area (Å²) in [6.45, 7) is 0.798. The third kappa shape index (κ3) is 7.25. The molecule has 2 rings (SSSR count). The Labute approximate surface area is 165 Å². The number of nitrogens with zero attached hydrogens (tertiary/aromatic N) is 1. The van der Waals surface area contributed by atoms with Crippen LogP contribution in [0, 0.1) is 6.92 Å². The van der Waals surface area contributed by atoms with Crippen LogP contribution in [0.25, 0.3) is 0 Å². The number of aromatic nitrogens is 2. The Hall–Kier alpha value is -1.14. The number of aliphatic hydroxyl groups is 1. The van der Waals surface area contributed by atoms with Gasteiger partial charge < -0.3 is 29.0 Å². The van der Waals surface area contributed by atoms with Crippen LogP contribution in [0.15, 0.2) is 15.8 Å². The summed E-state index contributed by atoms with van der Waals surface area (Å²) in [4.78, 5) is 53.7. The molecule has 0 radical (unpaired) electrons. The summed E-state index contributed by atoms with van der Waals surface area (Å²) in [7, 11) is -8.95. The Morgan fingerprint density at radius 2 is 1.97 bits per heavy atom. The largest absolute Gasteiger partial charge is 0.469 e. The van der Waals surface area contributed by atoms with Crippen molar-refractivity contribution in [1.82, 2.24) is 9.55 Å². The monoisotopic (exact) mass is 458 g/mol. The maximum absolute atomic E-state index is 12.0. The molecular weight excluding hydrogens is 434 g/mol.